The van der Waals surface area contributed by atoms with E-state index in [1.807, 2.05) is 0 Å². The van der Waals surface area contributed by atoms with Crippen molar-refractivity contribution in [3.8, 4) is 0 Å². The maximum atomic E-state index is 5.24. The summed E-state index contributed by atoms with van der Waals surface area (Å²) in [5.41, 5.74) is 2.95. The molecule has 3 nitrogen and oxygen atoms in total. The maximum Gasteiger partial charge on any atom is 0.0917 e. The van der Waals surface area contributed by atoms with E-state index in [0.717, 1.165) is 25.6 Å². The highest BCUT2D eigenvalue weighted by Crippen LogP contribution is 2.15. The van der Waals surface area contributed by atoms with Crippen LogP contribution in [0.15, 0.2) is 0 Å². The van der Waals surface area contributed by atoms with E-state index < -0.39 is 0 Å². The Balaban J connectivity index is 1.96. The van der Waals surface area contributed by atoms with E-state index >= 15 is 0 Å². The summed E-state index contributed by atoms with van der Waals surface area (Å²) in [6, 6.07) is 0. The smallest absolute Gasteiger partial charge is 0.0917 e. The van der Waals surface area contributed by atoms with Gasteiger partial charge < -0.3 is 5.32 Å². The molecule has 2 atom stereocenters. The van der Waals surface area contributed by atoms with Crippen molar-refractivity contribution in [2.45, 2.75) is 12.5 Å². The molecule has 0 amide bonds. The molecular weight excluding hydrogens is 116 g/mol. The van der Waals surface area contributed by atoms with Crippen LogP contribution in [0.4, 0.5) is 0 Å². The molecule has 2 bridgehead atoms. The Morgan fingerprint density at radius 1 is 1.22 bits per heavy atom. The third-order valence-corrected chi connectivity index (χ3v) is 2.02. The summed E-state index contributed by atoms with van der Waals surface area (Å²) in [5.74, 6) is 0.803. The number of rotatable bonds is 0. The van der Waals surface area contributed by atoms with Gasteiger partial charge in [-0.05, 0) is 18.9 Å². The van der Waals surface area contributed by atoms with Crippen LogP contribution in [0.1, 0.15) is 6.42 Å². The second-order valence-corrected chi connectivity index (χ2v) is 2.85. The number of hydrogen-bond acceptors (Lipinski definition) is 3. The summed E-state index contributed by atoms with van der Waals surface area (Å²) >= 11 is 0. The predicted octanol–water partition coefficient (Wildman–Crippen LogP) is -0.501. The van der Waals surface area contributed by atoms with E-state index in [-0.39, 0.29) is 0 Å². The van der Waals surface area contributed by atoms with E-state index in [9.17, 15) is 0 Å². The molecule has 2 N–H and O–H groups in total. The molecule has 0 saturated carbocycles. The third kappa shape index (κ3) is 1.08. The molecule has 2 saturated heterocycles. The molecule has 2 aliphatic rings. The van der Waals surface area contributed by atoms with E-state index in [1.54, 1.807) is 0 Å². The molecule has 0 aromatic heterocycles. The fraction of sp³-hybridized carbons (Fsp3) is 1.00. The van der Waals surface area contributed by atoms with Crippen LogP contribution in [0.25, 0.3) is 0 Å². The average molecular weight is 128 g/mol. The highest BCUT2D eigenvalue weighted by atomic mass is 16.7. The van der Waals surface area contributed by atoms with Crippen LogP contribution in [0.2, 0.25) is 0 Å². The molecule has 2 fully saturated rings. The first kappa shape index (κ1) is 5.65. The number of hydrogen-bond donors (Lipinski definition) is 2. The Labute approximate surface area is 54.7 Å². The molecular formula is C6H12N2O. The second kappa shape index (κ2) is 2.25. The fourth-order valence-corrected chi connectivity index (χ4v) is 1.52. The van der Waals surface area contributed by atoms with Gasteiger partial charge in [0.15, 0.2) is 0 Å². The zero-order chi connectivity index (χ0) is 6.10. The van der Waals surface area contributed by atoms with Gasteiger partial charge in [0.05, 0.1) is 6.10 Å². The Bertz CT molecular complexity index is 87.2. The zero-order valence-corrected chi connectivity index (χ0v) is 5.39. The summed E-state index contributed by atoms with van der Waals surface area (Å²) in [6.07, 6.45) is 1.66. The monoisotopic (exact) mass is 128 g/mol. The lowest BCUT2D eigenvalue weighted by molar-refractivity contribution is -0.0861. The lowest BCUT2D eigenvalue weighted by Crippen LogP contribution is -2.50. The van der Waals surface area contributed by atoms with Crippen LogP contribution in [-0.4, -0.2) is 25.7 Å². The van der Waals surface area contributed by atoms with Crippen molar-refractivity contribution in [2.24, 2.45) is 5.92 Å². The first-order valence-electron chi connectivity index (χ1n) is 3.54. The highest BCUT2D eigenvalue weighted by molar-refractivity contribution is 4.79. The lowest BCUT2D eigenvalue weighted by Gasteiger charge is -2.34. The molecule has 0 aromatic carbocycles. The summed E-state index contributed by atoms with van der Waals surface area (Å²) in [6.45, 7) is 3.19. The van der Waals surface area contributed by atoms with Crippen molar-refractivity contribution in [3.05, 3.63) is 0 Å². The van der Waals surface area contributed by atoms with Crippen molar-refractivity contribution in [3.63, 3.8) is 0 Å². The molecule has 0 radical (unpaired) electrons. The minimum atomic E-state index is 0.428. The van der Waals surface area contributed by atoms with Crippen LogP contribution in [-0.2, 0) is 4.84 Å². The van der Waals surface area contributed by atoms with Crippen LogP contribution in [0.5, 0.6) is 0 Å². The molecule has 2 aliphatic heterocycles. The SMILES string of the molecule is C1NCC2CC1CNO2. The largest absolute Gasteiger partial charge is 0.314 e. The quantitative estimate of drug-likeness (QED) is 0.461. The van der Waals surface area contributed by atoms with Gasteiger partial charge in [-0.3, -0.25) is 4.84 Å². The molecule has 2 rings (SSSR count). The molecule has 52 valence electrons. The molecule has 2 heterocycles. The predicted molar refractivity (Wildman–Crippen MR) is 33.9 cm³/mol. The number of nitrogens with one attached hydrogen (secondary N) is 2. The van der Waals surface area contributed by atoms with Crippen LogP contribution >= 0.6 is 0 Å². The minimum Gasteiger partial charge on any atom is -0.314 e. The van der Waals surface area contributed by atoms with Gasteiger partial charge in [0.1, 0.15) is 0 Å². The van der Waals surface area contributed by atoms with Gasteiger partial charge in [-0.1, -0.05) is 0 Å². The molecule has 2 unspecified atom stereocenters. The van der Waals surface area contributed by atoms with Crippen molar-refractivity contribution in [1.29, 1.82) is 0 Å². The van der Waals surface area contributed by atoms with E-state index in [2.05, 4.69) is 10.8 Å². The summed E-state index contributed by atoms with van der Waals surface area (Å²) in [5, 5.41) is 3.32. The van der Waals surface area contributed by atoms with Crippen molar-refractivity contribution >= 4 is 0 Å². The molecule has 3 heteroatoms. The van der Waals surface area contributed by atoms with Gasteiger partial charge >= 0.3 is 0 Å². The summed E-state index contributed by atoms with van der Waals surface area (Å²) < 4.78 is 0. The summed E-state index contributed by atoms with van der Waals surface area (Å²) in [4.78, 5) is 5.24. The van der Waals surface area contributed by atoms with E-state index in [1.165, 1.54) is 6.42 Å². The van der Waals surface area contributed by atoms with Gasteiger partial charge in [-0.15, -0.1) is 0 Å². The van der Waals surface area contributed by atoms with Gasteiger partial charge in [-0.2, -0.15) is 0 Å². The Hall–Kier alpha value is -0.120. The average Bonchev–Trinajstić information content (AvgIpc) is 1.88. The third-order valence-electron chi connectivity index (χ3n) is 2.02. The first-order chi connectivity index (χ1) is 4.45. The minimum absolute atomic E-state index is 0.428. The van der Waals surface area contributed by atoms with Crippen molar-refractivity contribution in [1.82, 2.24) is 10.8 Å². The first-order valence-corrected chi connectivity index (χ1v) is 3.54. The normalized spacial score (nSPS) is 42.7. The fourth-order valence-electron chi connectivity index (χ4n) is 1.52. The van der Waals surface area contributed by atoms with Gasteiger partial charge in [0.25, 0.3) is 0 Å². The Kier molecular flexibility index (Phi) is 1.41. The lowest BCUT2D eigenvalue weighted by atomic mass is 9.97. The molecule has 0 aromatic rings. The maximum absolute atomic E-state index is 5.24. The molecule has 0 spiro atoms. The van der Waals surface area contributed by atoms with Gasteiger partial charge in [0, 0.05) is 13.1 Å². The molecule has 9 heavy (non-hydrogen) atoms. The van der Waals surface area contributed by atoms with Crippen LogP contribution < -0.4 is 10.8 Å². The topological polar surface area (TPSA) is 33.3 Å². The molecule has 0 aliphatic carbocycles. The van der Waals surface area contributed by atoms with Gasteiger partial charge in [-0.25, -0.2) is 5.48 Å². The van der Waals surface area contributed by atoms with E-state index in [0.29, 0.717) is 6.10 Å². The second-order valence-electron chi connectivity index (χ2n) is 2.85. The van der Waals surface area contributed by atoms with Crippen LogP contribution in [0, 0.1) is 5.92 Å². The summed E-state index contributed by atoms with van der Waals surface area (Å²) in [7, 11) is 0. The van der Waals surface area contributed by atoms with Crippen LogP contribution in [0.3, 0.4) is 0 Å². The van der Waals surface area contributed by atoms with Crippen molar-refractivity contribution in [2.75, 3.05) is 19.6 Å². The Morgan fingerprint density at radius 3 is 3.00 bits per heavy atom. The van der Waals surface area contributed by atoms with Gasteiger partial charge in [0.2, 0.25) is 0 Å². The standard InChI is InChI=1S/C6H12N2O/c1-5-2-7-4-6(1)9-8-3-5/h5-8H,1-4H2. The van der Waals surface area contributed by atoms with E-state index in [4.69, 9.17) is 4.84 Å². The number of hydroxylamine groups is 1. The number of fused-ring (bicyclic) bond motifs is 2. The number of piperidine rings is 1. The highest BCUT2D eigenvalue weighted by Gasteiger charge is 2.25. The Morgan fingerprint density at radius 2 is 2.22 bits per heavy atom. The van der Waals surface area contributed by atoms with Crippen molar-refractivity contribution < 1.29 is 4.84 Å². The zero-order valence-electron chi connectivity index (χ0n) is 5.39.